The van der Waals surface area contributed by atoms with Crippen molar-refractivity contribution in [2.75, 3.05) is 13.2 Å². The SMILES string of the molecule is [B]c1ccc([C@H](C)N2CC[C@](CCCO)(c3ccccc3)OC2=O)cc1. The molecule has 1 N–H and O–H groups in total. The molecule has 5 heteroatoms. The lowest BCUT2D eigenvalue weighted by atomic mass is 9.84. The summed E-state index contributed by atoms with van der Waals surface area (Å²) in [6, 6.07) is 17.3. The highest BCUT2D eigenvalue weighted by Gasteiger charge is 2.43. The topological polar surface area (TPSA) is 49.8 Å². The van der Waals surface area contributed by atoms with Crippen LogP contribution in [-0.4, -0.2) is 37.1 Å². The number of aliphatic hydroxyl groups excluding tert-OH is 1. The van der Waals surface area contributed by atoms with Crippen molar-refractivity contribution in [1.29, 1.82) is 0 Å². The van der Waals surface area contributed by atoms with E-state index in [1.807, 2.05) is 61.5 Å². The number of nitrogens with zero attached hydrogens (tertiary/aromatic N) is 1. The number of carbonyl (C=O) groups is 1. The highest BCUT2D eigenvalue weighted by Crippen LogP contribution is 2.40. The summed E-state index contributed by atoms with van der Waals surface area (Å²) in [5, 5.41) is 9.27. The van der Waals surface area contributed by atoms with Crippen molar-refractivity contribution < 1.29 is 14.6 Å². The summed E-state index contributed by atoms with van der Waals surface area (Å²) in [6.07, 6.45) is 1.59. The summed E-state index contributed by atoms with van der Waals surface area (Å²) in [5.41, 5.74) is 2.05. The highest BCUT2D eigenvalue weighted by atomic mass is 16.6. The van der Waals surface area contributed by atoms with E-state index in [1.54, 1.807) is 4.90 Å². The first kappa shape index (κ1) is 18.5. The third kappa shape index (κ3) is 3.78. The van der Waals surface area contributed by atoms with Crippen LogP contribution < -0.4 is 5.46 Å². The number of hydrogen-bond acceptors (Lipinski definition) is 3. The van der Waals surface area contributed by atoms with Crippen LogP contribution in [0.25, 0.3) is 0 Å². The zero-order valence-electron chi connectivity index (χ0n) is 15.1. The van der Waals surface area contributed by atoms with Crippen LogP contribution in [-0.2, 0) is 10.3 Å². The Balaban J connectivity index is 1.80. The van der Waals surface area contributed by atoms with E-state index < -0.39 is 5.60 Å². The fourth-order valence-electron chi connectivity index (χ4n) is 3.61. The van der Waals surface area contributed by atoms with Crippen molar-refractivity contribution in [3.8, 4) is 0 Å². The van der Waals surface area contributed by atoms with Crippen LogP contribution in [0.15, 0.2) is 54.6 Å². The van der Waals surface area contributed by atoms with Crippen LogP contribution in [0.5, 0.6) is 0 Å². The number of aliphatic hydroxyl groups is 1. The molecule has 0 aromatic heterocycles. The largest absolute Gasteiger partial charge is 0.438 e. The van der Waals surface area contributed by atoms with Crippen molar-refractivity contribution >= 4 is 19.4 Å². The van der Waals surface area contributed by atoms with Crippen molar-refractivity contribution in [3.05, 3.63) is 65.7 Å². The molecular weight excluding hydrogens is 325 g/mol. The number of ether oxygens (including phenoxy) is 1. The first-order valence-corrected chi connectivity index (χ1v) is 9.07. The van der Waals surface area contributed by atoms with E-state index in [4.69, 9.17) is 12.6 Å². The molecule has 1 saturated heterocycles. The molecule has 0 spiro atoms. The van der Waals surface area contributed by atoms with Gasteiger partial charge < -0.3 is 14.7 Å². The lowest BCUT2D eigenvalue weighted by molar-refractivity contribution is -0.0680. The van der Waals surface area contributed by atoms with Crippen molar-refractivity contribution in [1.82, 2.24) is 4.90 Å². The van der Waals surface area contributed by atoms with Crippen LogP contribution >= 0.6 is 0 Å². The molecule has 1 aliphatic rings. The van der Waals surface area contributed by atoms with Gasteiger partial charge in [0.2, 0.25) is 0 Å². The molecule has 1 heterocycles. The second-order valence-corrected chi connectivity index (χ2v) is 6.84. The van der Waals surface area contributed by atoms with Gasteiger partial charge in [-0.2, -0.15) is 0 Å². The first-order chi connectivity index (χ1) is 12.6. The first-order valence-electron chi connectivity index (χ1n) is 9.07. The predicted molar refractivity (Wildman–Crippen MR) is 102 cm³/mol. The zero-order valence-corrected chi connectivity index (χ0v) is 15.1. The molecule has 26 heavy (non-hydrogen) atoms. The molecule has 3 rings (SSSR count). The fourth-order valence-corrected chi connectivity index (χ4v) is 3.61. The fraction of sp³-hybridized carbons (Fsp3) is 0.381. The van der Waals surface area contributed by atoms with Crippen LogP contribution in [0.3, 0.4) is 0 Å². The molecule has 2 radical (unpaired) electrons. The van der Waals surface area contributed by atoms with Crippen LogP contribution in [0.2, 0.25) is 0 Å². The summed E-state index contributed by atoms with van der Waals surface area (Å²) < 4.78 is 5.99. The monoisotopic (exact) mass is 349 g/mol. The standard InChI is InChI=1S/C21H24BNO3/c1-16(17-8-10-19(22)11-9-17)23-14-13-21(12-5-15-24,26-20(23)25)18-6-3-2-4-7-18/h2-4,6-11,16,24H,5,12-15H2,1H3/t16-,21+/m0/s1. The third-order valence-electron chi connectivity index (χ3n) is 5.20. The number of cyclic esters (lactones) is 1. The molecule has 0 saturated carbocycles. The van der Waals surface area contributed by atoms with Gasteiger partial charge in [-0.3, -0.25) is 0 Å². The maximum absolute atomic E-state index is 12.8. The summed E-state index contributed by atoms with van der Waals surface area (Å²) in [6.45, 7) is 2.68. The molecule has 0 bridgehead atoms. The normalized spacial score (nSPS) is 21.3. The summed E-state index contributed by atoms with van der Waals surface area (Å²) >= 11 is 0. The second kappa shape index (κ2) is 7.96. The molecule has 2 atom stereocenters. The smallest absolute Gasteiger partial charge is 0.411 e. The van der Waals surface area contributed by atoms with Gasteiger partial charge in [0, 0.05) is 19.6 Å². The van der Waals surface area contributed by atoms with E-state index in [-0.39, 0.29) is 18.7 Å². The number of hydrogen-bond donors (Lipinski definition) is 1. The Hall–Kier alpha value is -2.27. The van der Waals surface area contributed by atoms with Gasteiger partial charge in [0.1, 0.15) is 13.4 Å². The predicted octanol–water partition coefficient (Wildman–Crippen LogP) is 3.05. The maximum Gasteiger partial charge on any atom is 0.411 e. The van der Waals surface area contributed by atoms with Gasteiger partial charge in [-0.1, -0.05) is 60.1 Å². The molecule has 2 aromatic rings. The average Bonchev–Trinajstić information content (AvgIpc) is 2.67. The van der Waals surface area contributed by atoms with Gasteiger partial charge in [0.15, 0.2) is 0 Å². The Morgan fingerprint density at radius 3 is 2.50 bits per heavy atom. The van der Waals surface area contributed by atoms with Crippen LogP contribution in [0.1, 0.15) is 43.4 Å². The molecule has 0 aliphatic carbocycles. The van der Waals surface area contributed by atoms with Crippen LogP contribution in [0, 0.1) is 0 Å². The minimum absolute atomic E-state index is 0.0810. The lowest BCUT2D eigenvalue weighted by Crippen LogP contribution is -2.48. The number of amides is 1. The second-order valence-electron chi connectivity index (χ2n) is 6.84. The van der Waals surface area contributed by atoms with Gasteiger partial charge in [0.25, 0.3) is 0 Å². The van der Waals surface area contributed by atoms with Gasteiger partial charge in [-0.15, -0.1) is 0 Å². The third-order valence-corrected chi connectivity index (χ3v) is 5.20. The number of benzene rings is 2. The Bertz CT molecular complexity index is 735. The molecular formula is C21H24BNO3. The molecule has 4 nitrogen and oxygen atoms in total. The van der Waals surface area contributed by atoms with Gasteiger partial charge in [-0.05, 0) is 30.9 Å². The highest BCUT2D eigenvalue weighted by molar-refractivity contribution is 6.32. The Morgan fingerprint density at radius 2 is 1.88 bits per heavy atom. The minimum atomic E-state index is -0.668. The van der Waals surface area contributed by atoms with E-state index in [2.05, 4.69) is 0 Å². The van der Waals surface area contributed by atoms with Crippen molar-refractivity contribution in [3.63, 3.8) is 0 Å². The van der Waals surface area contributed by atoms with E-state index in [9.17, 15) is 9.90 Å². The Kier molecular flexibility index (Phi) is 5.67. The van der Waals surface area contributed by atoms with E-state index in [0.29, 0.717) is 31.3 Å². The molecule has 134 valence electrons. The minimum Gasteiger partial charge on any atom is -0.438 e. The lowest BCUT2D eigenvalue weighted by Gasteiger charge is -2.43. The van der Waals surface area contributed by atoms with Crippen molar-refractivity contribution in [2.45, 2.75) is 37.8 Å². The molecule has 1 fully saturated rings. The van der Waals surface area contributed by atoms with Gasteiger partial charge in [-0.25, -0.2) is 4.79 Å². The maximum atomic E-state index is 12.8. The number of rotatable bonds is 6. The van der Waals surface area contributed by atoms with E-state index >= 15 is 0 Å². The Labute approximate surface area is 156 Å². The molecule has 2 aromatic carbocycles. The van der Waals surface area contributed by atoms with Gasteiger partial charge in [0.05, 0.1) is 6.04 Å². The summed E-state index contributed by atoms with van der Waals surface area (Å²) in [4.78, 5) is 14.6. The van der Waals surface area contributed by atoms with Gasteiger partial charge >= 0.3 is 6.09 Å². The summed E-state index contributed by atoms with van der Waals surface area (Å²) in [7, 11) is 5.75. The van der Waals surface area contributed by atoms with E-state index in [0.717, 1.165) is 11.1 Å². The van der Waals surface area contributed by atoms with Crippen LogP contribution in [0.4, 0.5) is 4.79 Å². The molecule has 1 amide bonds. The van der Waals surface area contributed by atoms with Crippen molar-refractivity contribution in [2.24, 2.45) is 0 Å². The molecule has 1 aliphatic heterocycles. The van der Waals surface area contributed by atoms with E-state index in [1.165, 1.54) is 0 Å². The zero-order chi connectivity index (χ0) is 18.6. The quantitative estimate of drug-likeness (QED) is 0.816. The average molecular weight is 349 g/mol. The summed E-state index contributed by atoms with van der Waals surface area (Å²) in [5.74, 6) is 0. The Morgan fingerprint density at radius 1 is 1.19 bits per heavy atom. The molecule has 0 unspecified atom stereocenters. The number of carbonyl (C=O) groups excluding carboxylic acids is 1.